The monoisotopic (exact) mass is 1270 g/mol. The Hall–Kier alpha value is -3.33. The van der Waals surface area contributed by atoms with Gasteiger partial charge in [0.05, 0.1) is 88.3 Å². The van der Waals surface area contributed by atoms with Crippen molar-refractivity contribution in [2.24, 2.45) is 85.6 Å². The summed E-state index contributed by atoms with van der Waals surface area (Å²) >= 11 is 0. The van der Waals surface area contributed by atoms with Gasteiger partial charge in [-0.3, -0.25) is 4.79 Å². The van der Waals surface area contributed by atoms with E-state index >= 15 is 15.0 Å². The number of nitrogens with two attached hydrogens (primary N) is 1. The highest BCUT2D eigenvalue weighted by molar-refractivity contribution is 6.05. The Balaban J connectivity index is 0.990. The van der Waals surface area contributed by atoms with E-state index in [2.05, 4.69) is 59.3 Å². The van der Waals surface area contributed by atoms with E-state index in [9.17, 15) is 35.7 Å². The fraction of sp³-hybridized carbons (Fsp3) is 0.776. The van der Waals surface area contributed by atoms with E-state index in [1.807, 2.05) is 25.3 Å². The van der Waals surface area contributed by atoms with Crippen molar-refractivity contribution in [2.45, 2.75) is 259 Å². The number of ketones is 1. The summed E-state index contributed by atoms with van der Waals surface area (Å²) in [7, 11) is 2.04. The van der Waals surface area contributed by atoms with Gasteiger partial charge in [-0.25, -0.2) is 0 Å². The average molecular weight is 1270 g/mol. The summed E-state index contributed by atoms with van der Waals surface area (Å²) in [5, 5.41) is 132. The molecule has 18 aliphatic rings. The maximum Gasteiger partial charge on any atom is 0.189 e. The molecule has 3 heterocycles. The van der Waals surface area contributed by atoms with Gasteiger partial charge in [0, 0.05) is 65.0 Å². The SMILES string of the molecule is CCCC1CCC2OC3C(C(O)CCCC3(O)C(C)(O)C3CCC4(O)C5=C(NCC(C)O)C(=O)C67C=CC8C9=C%10C(=CC9)C9CCCC9OC%10CC9(CNC)CCC(CC89)C34CC3(O)C=CC4(C8=C(CCCO)NC(N)C=C8)C=CC53C6(CC(O)C(O)C7)C4)C2CC1. The number of ether oxygens (including phenoxy) is 2. The molecule has 9 bridgehead atoms. The molecule has 16 nitrogen and oxygen atoms in total. The molecule has 27 unspecified atom stereocenters. The van der Waals surface area contributed by atoms with Crippen LogP contribution in [0.4, 0.5) is 0 Å². The molecule has 0 radical (unpaired) electrons. The van der Waals surface area contributed by atoms with Gasteiger partial charge in [0.1, 0.15) is 5.60 Å². The van der Waals surface area contributed by atoms with Gasteiger partial charge in [0.15, 0.2) is 5.78 Å². The molecular formula is C76H108N4O12. The summed E-state index contributed by atoms with van der Waals surface area (Å²) in [6, 6.07) is 0. The molecule has 3 aliphatic heterocycles. The number of carbonyl (C=O) groups excluding carboxylic acids is 1. The Morgan fingerprint density at radius 3 is 2.47 bits per heavy atom. The number of carbonyl (C=O) groups is 1. The molecule has 0 aromatic carbocycles. The summed E-state index contributed by atoms with van der Waals surface area (Å²) in [5.41, 5.74) is -3.08. The molecule has 504 valence electrons. The largest absolute Gasteiger partial charge is 0.396 e. The van der Waals surface area contributed by atoms with Crippen LogP contribution in [0.5, 0.6) is 0 Å². The number of aliphatic hydroxyl groups excluding tert-OH is 5. The van der Waals surface area contributed by atoms with Gasteiger partial charge < -0.3 is 77.1 Å². The molecule has 7 saturated carbocycles. The summed E-state index contributed by atoms with van der Waals surface area (Å²) in [6.07, 6.45) is 27.6. The number of nitrogens with one attached hydrogen (secondary N) is 3. The topological polar surface area (TPSA) is 280 Å². The number of hydrogen-bond donors (Lipinski definition) is 13. The third-order valence-corrected chi connectivity index (χ3v) is 29.9. The lowest BCUT2D eigenvalue weighted by atomic mass is 9.27. The molecule has 18 rings (SSSR count). The van der Waals surface area contributed by atoms with Crippen molar-refractivity contribution in [1.29, 1.82) is 0 Å². The molecule has 9 fully saturated rings. The third-order valence-electron chi connectivity index (χ3n) is 29.9. The first-order valence-electron chi connectivity index (χ1n) is 36.7. The maximum absolute atomic E-state index is 17.9. The van der Waals surface area contributed by atoms with E-state index in [1.54, 1.807) is 13.8 Å². The predicted molar refractivity (Wildman–Crippen MR) is 347 cm³/mol. The van der Waals surface area contributed by atoms with E-state index in [4.69, 9.17) is 15.2 Å². The normalized spacial score (nSPS) is 51.7. The van der Waals surface area contributed by atoms with Gasteiger partial charge in [-0.2, -0.15) is 0 Å². The lowest BCUT2D eigenvalue weighted by Gasteiger charge is -2.76. The van der Waals surface area contributed by atoms with Crippen LogP contribution in [0, 0.1) is 79.8 Å². The summed E-state index contributed by atoms with van der Waals surface area (Å²) < 4.78 is 14.9. The Bertz CT molecular complexity index is 3280. The lowest BCUT2D eigenvalue weighted by Crippen LogP contribution is -2.80. The quantitative estimate of drug-likeness (QED) is 0.0832. The van der Waals surface area contributed by atoms with Crippen molar-refractivity contribution in [3.63, 3.8) is 0 Å². The highest BCUT2D eigenvalue weighted by Gasteiger charge is 2.88. The minimum absolute atomic E-state index is 0.0174. The molecule has 0 aromatic rings. The number of fused-ring (bicyclic) bond motifs is 6. The number of rotatable bonds is 13. The zero-order valence-electron chi connectivity index (χ0n) is 55.1. The van der Waals surface area contributed by atoms with E-state index in [0.717, 1.165) is 88.3 Å². The average Bonchev–Trinajstić information content (AvgIpc) is 1.03. The smallest absolute Gasteiger partial charge is 0.189 e. The molecule has 0 amide bonds. The molecule has 14 N–H and O–H groups in total. The van der Waals surface area contributed by atoms with Crippen LogP contribution in [0.25, 0.3) is 0 Å². The molecule has 16 heteroatoms. The Morgan fingerprint density at radius 1 is 0.870 bits per heavy atom. The van der Waals surface area contributed by atoms with Crippen LogP contribution in [-0.2, 0) is 14.3 Å². The van der Waals surface area contributed by atoms with Gasteiger partial charge in [-0.15, -0.1) is 0 Å². The van der Waals surface area contributed by atoms with Crippen LogP contribution in [0.3, 0.4) is 0 Å². The molecule has 15 aliphatic carbocycles. The summed E-state index contributed by atoms with van der Waals surface area (Å²) in [5.74, 6) is -1.73. The summed E-state index contributed by atoms with van der Waals surface area (Å²) in [4.78, 5) is 17.9. The van der Waals surface area contributed by atoms with Crippen LogP contribution in [0.15, 0.2) is 93.9 Å². The van der Waals surface area contributed by atoms with Gasteiger partial charge in [0.2, 0.25) is 0 Å². The second-order valence-corrected chi connectivity index (χ2v) is 33.7. The molecule has 2 saturated heterocycles. The number of hydrogen-bond acceptors (Lipinski definition) is 16. The van der Waals surface area contributed by atoms with Crippen LogP contribution in [0.1, 0.15) is 181 Å². The molecule has 92 heavy (non-hydrogen) atoms. The van der Waals surface area contributed by atoms with Crippen LogP contribution in [0.2, 0.25) is 0 Å². The zero-order valence-corrected chi connectivity index (χ0v) is 55.1. The van der Waals surface area contributed by atoms with Crippen LogP contribution >= 0.6 is 0 Å². The zero-order chi connectivity index (χ0) is 64.1. The molecule has 0 aromatic heterocycles. The van der Waals surface area contributed by atoms with E-state index in [-0.39, 0.29) is 111 Å². The van der Waals surface area contributed by atoms with E-state index in [1.165, 1.54) is 16.7 Å². The maximum atomic E-state index is 17.9. The third kappa shape index (κ3) is 8.13. The van der Waals surface area contributed by atoms with Crippen molar-refractivity contribution >= 4 is 5.78 Å². The van der Waals surface area contributed by atoms with Crippen LogP contribution in [-0.4, -0.2) is 156 Å². The first-order chi connectivity index (χ1) is 44.0. The van der Waals surface area contributed by atoms with Crippen molar-refractivity contribution in [3.8, 4) is 0 Å². The minimum Gasteiger partial charge on any atom is -0.396 e. The Morgan fingerprint density at radius 2 is 1.67 bits per heavy atom. The number of allylic oxidation sites excluding steroid dienone is 10. The fourth-order valence-electron chi connectivity index (χ4n) is 26.5. The van der Waals surface area contributed by atoms with Crippen molar-refractivity contribution in [2.75, 3.05) is 26.7 Å². The van der Waals surface area contributed by atoms with Gasteiger partial charge in [-0.1, -0.05) is 86.8 Å². The highest BCUT2D eigenvalue weighted by atomic mass is 16.5. The Kier molecular flexibility index (Phi) is 15.0. The number of dihydropyridines is 1. The second-order valence-electron chi connectivity index (χ2n) is 33.7. The van der Waals surface area contributed by atoms with Crippen molar-refractivity contribution < 1.29 is 60.2 Å². The molecule has 27 atom stereocenters. The molecular weight excluding hydrogens is 1160 g/mol. The highest BCUT2D eigenvalue weighted by Crippen LogP contribution is 2.86. The van der Waals surface area contributed by atoms with E-state index < -0.39 is 104 Å². The lowest BCUT2D eigenvalue weighted by molar-refractivity contribution is -0.291. The van der Waals surface area contributed by atoms with Gasteiger partial charge in [0.25, 0.3) is 0 Å². The Labute approximate surface area is 544 Å². The van der Waals surface area contributed by atoms with Crippen LogP contribution < -0.4 is 21.7 Å². The van der Waals surface area contributed by atoms with Crippen molar-refractivity contribution in [3.05, 3.63) is 93.9 Å². The number of aliphatic hydroxyl groups is 9. The first kappa shape index (κ1) is 63.4. The van der Waals surface area contributed by atoms with Gasteiger partial charge in [-0.05, 0) is 214 Å². The fourth-order valence-corrected chi connectivity index (χ4v) is 26.5. The standard InChI is InChI=1S/C76H108N4O12/c1-5-9-43-14-16-49-57(20-15-43)92-66-62(49)53(83)12-7-25-76(66,90)67(3,87)59-24-28-75(89)64-63(79-38-42(2)82)65(86)70-27-23-45-47-17-18-48-46-10-6-13-56(46)91-58(61(47)48)37-69(41-78-4)26-22-44(34-51(45)69)73(59,75)40-72(88)31-29-68(50-19-21-60(77)80-52(50)11-8-33-81)30-32-74(64,72)71(70,39-68)36-55(85)54(84)35-70/h18-19,21,23,27,29-32,42-46,49,51,53-60,62,66,78-85,87-90H,5-17,20,22,24-26,28,33-41,77H2,1-4H3. The van der Waals surface area contributed by atoms with Crippen molar-refractivity contribution in [1.82, 2.24) is 16.0 Å². The predicted octanol–water partition coefficient (Wildman–Crippen LogP) is 6.94. The second kappa shape index (κ2) is 21.8. The minimum atomic E-state index is -2.04. The molecule has 4 spiro atoms. The number of Topliss-reactive ketones (excluding diaryl/α,β-unsaturated/α-hetero) is 1. The first-order valence-corrected chi connectivity index (χ1v) is 36.7. The summed E-state index contributed by atoms with van der Waals surface area (Å²) in [6.45, 7) is 6.23. The van der Waals surface area contributed by atoms with E-state index in [0.29, 0.717) is 62.5 Å². The van der Waals surface area contributed by atoms with Gasteiger partial charge >= 0.3 is 0 Å².